The third-order valence-corrected chi connectivity index (χ3v) is 9.24. The Morgan fingerprint density at radius 3 is 2.33 bits per heavy atom. The SMILES string of the molecule is CSc1ccc(S(=O)(=O)N2CCC(C(=O)N[C@@H]3C[C@@H]4CC[C@@H]3C4)CC2)cc1. The number of piperidine rings is 1. The van der Waals surface area contributed by atoms with E-state index in [0.29, 0.717) is 42.8 Å². The molecule has 1 amide bonds. The largest absolute Gasteiger partial charge is 0.353 e. The Balaban J connectivity index is 1.33. The highest BCUT2D eigenvalue weighted by Crippen LogP contribution is 2.44. The van der Waals surface area contributed by atoms with Crippen LogP contribution in [0.5, 0.6) is 0 Å². The Morgan fingerprint density at radius 1 is 1.07 bits per heavy atom. The molecule has 0 radical (unpaired) electrons. The number of hydrogen-bond acceptors (Lipinski definition) is 4. The van der Waals surface area contributed by atoms with Gasteiger partial charge in [0.1, 0.15) is 0 Å². The van der Waals surface area contributed by atoms with E-state index in [4.69, 9.17) is 0 Å². The summed E-state index contributed by atoms with van der Waals surface area (Å²) in [6.07, 6.45) is 8.17. The smallest absolute Gasteiger partial charge is 0.243 e. The highest BCUT2D eigenvalue weighted by atomic mass is 32.2. The van der Waals surface area contributed by atoms with E-state index in [1.807, 2.05) is 18.4 Å². The molecule has 4 rings (SSSR count). The molecule has 5 nitrogen and oxygen atoms in total. The van der Waals surface area contributed by atoms with Crippen LogP contribution in [0, 0.1) is 17.8 Å². The number of sulfonamides is 1. The van der Waals surface area contributed by atoms with E-state index in [9.17, 15) is 13.2 Å². The summed E-state index contributed by atoms with van der Waals surface area (Å²) in [6.45, 7) is 0.836. The topological polar surface area (TPSA) is 66.5 Å². The van der Waals surface area contributed by atoms with E-state index in [0.717, 1.165) is 17.2 Å². The minimum Gasteiger partial charge on any atom is -0.353 e. The van der Waals surface area contributed by atoms with Crippen LogP contribution in [-0.4, -0.2) is 44.0 Å². The van der Waals surface area contributed by atoms with Gasteiger partial charge in [0.2, 0.25) is 15.9 Å². The van der Waals surface area contributed by atoms with Crippen molar-refractivity contribution in [2.45, 2.75) is 54.4 Å². The van der Waals surface area contributed by atoms with Crippen molar-refractivity contribution < 1.29 is 13.2 Å². The molecule has 2 saturated carbocycles. The van der Waals surface area contributed by atoms with Gasteiger partial charge in [-0.15, -0.1) is 11.8 Å². The van der Waals surface area contributed by atoms with Gasteiger partial charge in [0, 0.05) is 29.9 Å². The molecule has 1 aromatic rings. The minimum atomic E-state index is -3.47. The molecule has 0 spiro atoms. The van der Waals surface area contributed by atoms with Gasteiger partial charge in [-0.3, -0.25) is 4.79 Å². The zero-order chi connectivity index (χ0) is 19.0. The third kappa shape index (κ3) is 3.91. The molecule has 3 fully saturated rings. The van der Waals surface area contributed by atoms with Crippen LogP contribution in [0.4, 0.5) is 0 Å². The summed E-state index contributed by atoms with van der Waals surface area (Å²) in [4.78, 5) is 14.0. The zero-order valence-corrected chi connectivity index (χ0v) is 17.4. The Kier molecular flexibility index (Phi) is 5.54. The van der Waals surface area contributed by atoms with E-state index in [-0.39, 0.29) is 11.8 Å². The molecule has 1 aliphatic heterocycles. The lowest BCUT2D eigenvalue weighted by Crippen LogP contribution is -2.46. The molecule has 1 heterocycles. The van der Waals surface area contributed by atoms with Gasteiger partial charge in [-0.25, -0.2) is 8.42 Å². The number of benzene rings is 1. The first-order chi connectivity index (χ1) is 13.0. The summed E-state index contributed by atoms with van der Waals surface area (Å²) in [6, 6.07) is 7.39. The van der Waals surface area contributed by atoms with Crippen LogP contribution in [0.25, 0.3) is 0 Å². The molecule has 3 atom stereocenters. The van der Waals surface area contributed by atoms with Crippen LogP contribution in [0.15, 0.2) is 34.1 Å². The number of carbonyl (C=O) groups excluding carboxylic acids is 1. The summed E-state index contributed by atoms with van der Waals surface area (Å²) in [5, 5.41) is 3.27. The normalized spacial score (nSPS) is 29.1. The maximum absolute atomic E-state index is 12.8. The maximum Gasteiger partial charge on any atom is 0.243 e. The quantitative estimate of drug-likeness (QED) is 0.760. The lowest BCUT2D eigenvalue weighted by atomic mass is 9.93. The second kappa shape index (κ2) is 7.76. The highest BCUT2D eigenvalue weighted by Gasteiger charge is 2.41. The minimum absolute atomic E-state index is 0.0607. The van der Waals surface area contributed by atoms with Gasteiger partial charge < -0.3 is 5.32 Å². The van der Waals surface area contributed by atoms with E-state index in [1.54, 1.807) is 23.9 Å². The number of nitrogens with one attached hydrogen (secondary N) is 1. The number of nitrogens with zero attached hydrogens (tertiary/aromatic N) is 1. The molecule has 3 aliphatic rings. The van der Waals surface area contributed by atoms with Crippen molar-refractivity contribution in [2.75, 3.05) is 19.3 Å². The Hall–Kier alpha value is -1.05. The molecule has 2 aliphatic carbocycles. The lowest BCUT2D eigenvalue weighted by Gasteiger charge is -2.32. The predicted molar refractivity (Wildman–Crippen MR) is 107 cm³/mol. The fraction of sp³-hybridized carbons (Fsp3) is 0.650. The van der Waals surface area contributed by atoms with Crippen LogP contribution in [0.3, 0.4) is 0 Å². The Bertz CT molecular complexity index is 786. The van der Waals surface area contributed by atoms with Crippen molar-refractivity contribution in [1.82, 2.24) is 9.62 Å². The van der Waals surface area contributed by atoms with Crippen LogP contribution < -0.4 is 5.32 Å². The standard InChI is InChI=1S/C20H28N2O3S2/c1-26-17-4-6-18(7-5-17)27(24,25)22-10-8-15(9-11-22)20(23)21-19-13-14-2-3-16(19)12-14/h4-7,14-16,19H,2-3,8-13H2,1H3,(H,21,23)/t14-,16-,19-/m1/s1. The van der Waals surface area contributed by atoms with E-state index >= 15 is 0 Å². The number of amides is 1. The van der Waals surface area contributed by atoms with Crippen LogP contribution in [-0.2, 0) is 14.8 Å². The van der Waals surface area contributed by atoms with Gasteiger partial charge in [-0.1, -0.05) is 6.42 Å². The number of fused-ring (bicyclic) bond motifs is 2. The van der Waals surface area contributed by atoms with Gasteiger partial charge in [0.05, 0.1) is 4.90 Å². The van der Waals surface area contributed by atoms with E-state index in [2.05, 4.69) is 5.32 Å². The summed E-state index contributed by atoms with van der Waals surface area (Å²) < 4.78 is 27.2. The van der Waals surface area contributed by atoms with Crippen molar-refractivity contribution in [1.29, 1.82) is 0 Å². The number of rotatable bonds is 5. The molecule has 148 valence electrons. The number of carbonyl (C=O) groups is 1. The molecule has 1 N–H and O–H groups in total. The first-order valence-corrected chi connectivity index (χ1v) is 12.6. The van der Waals surface area contributed by atoms with Gasteiger partial charge in [-0.2, -0.15) is 4.31 Å². The molecule has 0 aromatic heterocycles. The zero-order valence-electron chi connectivity index (χ0n) is 15.8. The molecule has 27 heavy (non-hydrogen) atoms. The van der Waals surface area contributed by atoms with Crippen LogP contribution in [0.2, 0.25) is 0 Å². The number of thioether (sulfide) groups is 1. The van der Waals surface area contributed by atoms with Crippen molar-refractivity contribution in [2.24, 2.45) is 17.8 Å². The summed E-state index contributed by atoms with van der Waals surface area (Å²) in [5.74, 6) is 1.55. The molecule has 2 bridgehead atoms. The second-order valence-corrected chi connectivity index (χ2v) is 11.0. The van der Waals surface area contributed by atoms with E-state index < -0.39 is 10.0 Å². The Labute approximate surface area is 166 Å². The highest BCUT2D eigenvalue weighted by molar-refractivity contribution is 7.98. The first-order valence-electron chi connectivity index (χ1n) is 9.92. The lowest BCUT2D eigenvalue weighted by molar-refractivity contribution is -0.127. The van der Waals surface area contributed by atoms with Crippen molar-refractivity contribution in [3.05, 3.63) is 24.3 Å². The first kappa shape index (κ1) is 19.3. The second-order valence-electron chi connectivity index (χ2n) is 8.14. The monoisotopic (exact) mass is 408 g/mol. The summed E-state index contributed by atoms with van der Waals surface area (Å²) in [7, 11) is -3.47. The van der Waals surface area contributed by atoms with Crippen molar-refractivity contribution >= 4 is 27.7 Å². The summed E-state index contributed by atoms with van der Waals surface area (Å²) in [5.41, 5.74) is 0. The van der Waals surface area contributed by atoms with Crippen LogP contribution >= 0.6 is 11.8 Å². The molecule has 1 saturated heterocycles. The van der Waals surface area contributed by atoms with Crippen molar-refractivity contribution in [3.8, 4) is 0 Å². The average molecular weight is 409 g/mol. The molecular weight excluding hydrogens is 380 g/mol. The van der Waals surface area contributed by atoms with Gasteiger partial charge >= 0.3 is 0 Å². The van der Waals surface area contributed by atoms with E-state index in [1.165, 1.54) is 23.6 Å². The molecular formula is C20H28N2O3S2. The van der Waals surface area contributed by atoms with Gasteiger partial charge in [-0.05, 0) is 74.5 Å². The molecule has 0 unspecified atom stereocenters. The number of hydrogen-bond donors (Lipinski definition) is 1. The predicted octanol–water partition coefficient (Wildman–Crippen LogP) is 3.11. The maximum atomic E-state index is 12.8. The summed E-state index contributed by atoms with van der Waals surface area (Å²) >= 11 is 1.59. The van der Waals surface area contributed by atoms with Crippen molar-refractivity contribution in [3.63, 3.8) is 0 Å². The average Bonchev–Trinajstić information content (AvgIpc) is 3.31. The van der Waals surface area contributed by atoms with Crippen LogP contribution in [0.1, 0.15) is 38.5 Å². The fourth-order valence-electron chi connectivity index (χ4n) is 4.98. The molecule has 7 heteroatoms. The third-order valence-electron chi connectivity index (χ3n) is 6.59. The fourth-order valence-corrected chi connectivity index (χ4v) is 6.86. The molecule has 1 aromatic carbocycles. The Morgan fingerprint density at radius 2 is 1.78 bits per heavy atom. The van der Waals surface area contributed by atoms with Gasteiger partial charge in [0.15, 0.2) is 0 Å². The van der Waals surface area contributed by atoms with Gasteiger partial charge in [0.25, 0.3) is 0 Å².